The highest BCUT2D eigenvalue weighted by Crippen LogP contribution is 2.29. The Labute approximate surface area is 184 Å². The van der Waals surface area contributed by atoms with Crippen LogP contribution in [0.3, 0.4) is 0 Å². The number of hydrogen-bond donors (Lipinski definition) is 1. The normalized spacial score (nSPS) is 18.3. The van der Waals surface area contributed by atoms with Crippen molar-refractivity contribution < 1.29 is 23.9 Å². The van der Waals surface area contributed by atoms with Crippen LogP contribution in [-0.2, 0) is 16.1 Å². The van der Waals surface area contributed by atoms with Gasteiger partial charge in [-0.1, -0.05) is 30.3 Å². The van der Waals surface area contributed by atoms with E-state index in [-0.39, 0.29) is 23.0 Å². The molecule has 31 heavy (non-hydrogen) atoms. The second-order valence-electron chi connectivity index (χ2n) is 7.33. The van der Waals surface area contributed by atoms with Crippen molar-refractivity contribution in [3.8, 4) is 5.75 Å². The number of ether oxygens (including phenoxy) is 2. The molecular weight excluding hydrogens is 418 g/mol. The van der Waals surface area contributed by atoms with Gasteiger partial charge in [0.05, 0.1) is 5.56 Å². The van der Waals surface area contributed by atoms with Crippen LogP contribution in [-0.4, -0.2) is 52.2 Å². The molecule has 2 amide bonds. The summed E-state index contributed by atoms with van der Waals surface area (Å²) in [6, 6.07) is 14.5. The Morgan fingerprint density at radius 1 is 1.10 bits per heavy atom. The molecule has 2 heterocycles. The number of nitrogens with two attached hydrogens (primary N) is 1. The van der Waals surface area contributed by atoms with Crippen molar-refractivity contribution in [1.29, 1.82) is 0 Å². The number of rotatable bonds is 8. The Morgan fingerprint density at radius 2 is 1.90 bits per heavy atom. The summed E-state index contributed by atoms with van der Waals surface area (Å²) in [4.78, 5) is 40.0. The maximum Gasteiger partial charge on any atom is 0.292 e. The second kappa shape index (κ2) is 9.40. The zero-order chi connectivity index (χ0) is 21.8. The lowest BCUT2D eigenvalue weighted by Gasteiger charge is -2.29. The lowest BCUT2D eigenvalue weighted by atomic mass is 10.1. The van der Waals surface area contributed by atoms with E-state index in [1.165, 1.54) is 4.90 Å². The minimum atomic E-state index is -0.882. The molecule has 0 spiro atoms. The summed E-state index contributed by atoms with van der Waals surface area (Å²) in [5, 5.41) is -0.595. The molecule has 0 aliphatic carbocycles. The fraction of sp³-hybridized carbons (Fsp3) is 0.318. The molecule has 162 valence electrons. The molecular formula is C22H23N3O5S. The average Bonchev–Trinajstić information content (AvgIpc) is 3.03. The summed E-state index contributed by atoms with van der Waals surface area (Å²) in [6.45, 7) is 1.32. The van der Waals surface area contributed by atoms with Gasteiger partial charge in [-0.2, -0.15) is 0 Å². The summed E-state index contributed by atoms with van der Waals surface area (Å²) < 4.78 is 11.4. The number of benzene rings is 2. The molecule has 1 unspecified atom stereocenters. The molecule has 1 atom stereocenters. The van der Waals surface area contributed by atoms with Gasteiger partial charge in [0.2, 0.25) is 11.3 Å². The first kappa shape index (κ1) is 21.2. The lowest BCUT2D eigenvalue weighted by Crippen LogP contribution is -2.39. The lowest BCUT2D eigenvalue weighted by molar-refractivity contribution is -0.129. The topological polar surface area (TPSA) is 102 Å². The third-order valence-electron chi connectivity index (χ3n) is 5.10. The first-order valence-corrected chi connectivity index (χ1v) is 10.8. The molecule has 2 aromatic carbocycles. The van der Waals surface area contributed by atoms with E-state index in [2.05, 4.69) is 0 Å². The number of carbonyl (C=O) groups excluding carboxylic acids is 3. The largest absolute Gasteiger partial charge is 0.472 e. The van der Waals surface area contributed by atoms with Gasteiger partial charge in [-0.05, 0) is 36.6 Å². The Bertz CT molecular complexity index is 984. The van der Waals surface area contributed by atoms with Gasteiger partial charge in [-0.25, -0.2) is 0 Å². The predicted octanol–water partition coefficient (Wildman–Crippen LogP) is 3.08. The zero-order valence-electron chi connectivity index (χ0n) is 16.9. The molecule has 2 aliphatic rings. The van der Waals surface area contributed by atoms with Crippen LogP contribution in [0.25, 0.3) is 0 Å². The quantitative estimate of drug-likeness (QED) is 0.496. The van der Waals surface area contributed by atoms with Crippen molar-refractivity contribution in [2.75, 3.05) is 25.6 Å². The van der Waals surface area contributed by atoms with Crippen LogP contribution in [0.15, 0.2) is 48.5 Å². The molecule has 4 rings (SSSR count). The average molecular weight is 442 g/mol. The monoisotopic (exact) mass is 441 g/mol. The highest BCUT2D eigenvalue weighted by Gasteiger charge is 2.40. The maximum atomic E-state index is 12.6. The first-order valence-electron chi connectivity index (χ1n) is 10.0. The zero-order valence-corrected chi connectivity index (χ0v) is 17.7. The Hall–Kier alpha value is -3.04. The molecule has 0 aromatic heterocycles. The van der Waals surface area contributed by atoms with E-state index >= 15 is 0 Å². The van der Waals surface area contributed by atoms with Crippen molar-refractivity contribution in [2.45, 2.75) is 25.6 Å². The van der Waals surface area contributed by atoms with Crippen molar-refractivity contribution >= 4 is 33.7 Å². The number of nitrogen functional groups attached to an aromatic ring is 1. The van der Waals surface area contributed by atoms with Crippen LogP contribution >= 0.6 is 11.8 Å². The smallest absolute Gasteiger partial charge is 0.292 e. The summed E-state index contributed by atoms with van der Waals surface area (Å²) in [5.41, 5.74) is 7.68. The van der Waals surface area contributed by atoms with Crippen LogP contribution < -0.4 is 10.5 Å². The van der Waals surface area contributed by atoms with E-state index in [0.29, 0.717) is 61.3 Å². The molecule has 1 saturated heterocycles. The van der Waals surface area contributed by atoms with Crippen LogP contribution in [0.1, 0.15) is 28.8 Å². The van der Waals surface area contributed by atoms with E-state index in [0.717, 1.165) is 5.56 Å². The standard InChI is InChI=1S/C22H23N3O5S/c23-16-8-9-18-17(12-16)19(26)24(14-30-18)10-4-5-11-29-20-21(27)31-22(28)25(20)13-15-6-2-1-3-7-15/h1-3,6-9,12,20H,4-5,10-11,13-14,23H2. The number of unbranched alkanes of at least 4 members (excludes halogenated alkanes) is 1. The molecule has 8 nitrogen and oxygen atoms in total. The summed E-state index contributed by atoms with van der Waals surface area (Å²) >= 11 is 0.681. The van der Waals surface area contributed by atoms with Gasteiger partial charge in [0, 0.05) is 37.1 Å². The van der Waals surface area contributed by atoms with E-state index in [9.17, 15) is 14.4 Å². The molecule has 2 aromatic rings. The molecule has 9 heteroatoms. The minimum absolute atomic E-state index is 0.114. The summed E-state index contributed by atoms with van der Waals surface area (Å²) in [6.07, 6.45) is 0.426. The molecule has 1 fully saturated rings. The third-order valence-corrected chi connectivity index (χ3v) is 5.91. The van der Waals surface area contributed by atoms with E-state index in [4.69, 9.17) is 15.2 Å². The second-order valence-corrected chi connectivity index (χ2v) is 8.28. The fourth-order valence-corrected chi connectivity index (χ4v) is 4.23. The van der Waals surface area contributed by atoms with Crippen molar-refractivity contribution in [1.82, 2.24) is 9.80 Å². The Balaban J connectivity index is 1.25. The highest BCUT2D eigenvalue weighted by molar-refractivity contribution is 8.26. The van der Waals surface area contributed by atoms with Gasteiger partial charge >= 0.3 is 0 Å². The van der Waals surface area contributed by atoms with Crippen molar-refractivity contribution in [2.24, 2.45) is 0 Å². The van der Waals surface area contributed by atoms with Crippen LogP contribution in [0, 0.1) is 0 Å². The number of anilines is 1. The number of fused-ring (bicyclic) bond motifs is 1. The highest BCUT2D eigenvalue weighted by atomic mass is 32.2. The summed E-state index contributed by atoms with van der Waals surface area (Å²) in [7, 11) is 0. The van der Waals surface area contributed by atoms with Crippen LogP contribution in [0.5, 0.6) is 5.75 Å². The predicted molar refractivity (Wildman–Crippen MR) is 116 cm³/mol. The fourth-order valence-electron chi connectivity index (χ4n) is 3.49. The van der Waals surface area contributed by atoms with Crippen molar-refractivity contribution in [3.05, 3.63) is 59.7 Å². The molecule has 0 bridgehead atoms. The van der Waals surface area contributed by atoms with Gasteiger partial charge in [0.25, 0.3) is 11.1 Å². The Kier molecular flexibility index (Phi) is 6.43. The minimum Gasteiger partial charge on any atom is -0.472 e. The number of hydrogen-bond acceptors (Lipinski definition) is 7. The van der Waals surface area contributed by atoms with E-state index in [1.54, 1.807) is 23.1 Å². The van der Waals surface area contributed by atoms with Crippen LogP contribution in [0.2, 0.25) is 0 Å². The molecule has 2 aliphatic heterocycles. The van der Waals surface area contributed by atoms with Gasteiger partial charge < -0.3 is 20.1 Å². The Morgan fingerprint density at radius 3 is 2.71 bits per heavy atom. The van der Waals surface area contributed by atoms with Gasteiger partial charge in [-0.3, -0.25) is 19.3 Å². The van der Waals surface area contributed by atoms with Crippen LogP contribution in [0.4, 0.5) is 10.5 Å². The molecule has 0 saturated carbocycles. The number of amides is 2. The van der Waals surface area contributed by atoms with Gasteiger partial charge in [-0.15, -0.1) is 0 Å². The SMILES string of the molecule is Nc1ccc2c(c1)C(=O)N(CCCCOC1C(=O)SC(=O)N1Cc1ccccc1)CO2. The van der Waals surface area contributed by atoms with Gasteiger partial charge in [0.15, 0.2) is 6.73 Å². The third kappa shape index (κ3) is 4.83. The maximum absolute atomic E-state index is 12.6. The summed E-state index contributed by atoms with van der Waals surface area (Å²) in [5.74, 6) is 0.427. The van der Waals surface area contributed by atoms with E-state index in [1.807, 2.05) is 30.3 Å². The molecule has 2 N–H and O–H groups in total. The van der Waals surface area contributed by atoms with Gasteiger partial charge in [0.1, 0.15) is 5.75 Å². The number of thioether (sulfide) groups is 1. The number of nitrogens with zero attached hydrogens (tertiary/aromatic N) is 2. The first-order chi connectivity index (χ1) is 15.0. The van der Waals surface area contributed by atoms with E-state index < -0.39 is 6.23 Å². The van der Waals surface area contributed by atoms with Crippen molar-refractivity contribution in [3.63, 3.8) is 0 Å². The molecule has 0 radical (unpaired) electrons. The number of carbonyl (C=O) groups is 3.